The second-order valence-electron chi connectivity index (χ2n) is 9.20. The van der Waals surface area contributed by atoms with E-state index >= 15 is 0 Å². The van der Waals surface area contributed by atoms with E-state index in [1.165, 1.54) is 12.3 Å². The average Bonchev–Trinajstić information content (AvgIpc) is 3.41. The molecule has 4 aromatic carbocycles. The summed E-state index contributed by atoms with van der Waals surface area (Å²) in [6.07, 6.45) is 1.36. The third-order valence-corrected chi connectivity index (χ3v) is 6.89. The summed E-state index contributed by atoms with van der Waals surface area (Å²) < 4.78 is 32.2. The Morgan fingerprint density at radius 1 is 0.907 bits per heavy atom. The zero-order valence-corrected chi connectivity index (χ0v) is 24.9. The molecule has 218 valence electrons. The SMILES string of the molecule is CCOc1ccc(C(=O)Oc2ccc(Br)cc2C=NNC(=O)c2[nH]c3c(F)cccc3c2-c2ccccc2)cc1OCC. The first-order valence-electron chi connectivity index (χ1n) is 13.5. The Balaban J connectivity index is 1.39. The maximum Gasteiger partial charge on any atom is 0.343 e. The summed E-state index contributed by atoms with van der Waals surface area (Å²) in [7, 11) is 0. The minimum Gasteiger partial charge on any atom is -0.490 e. The number of ether oxygens (including phenoxy) is 3. The highest BCUT2D eigenvalue weighted by Gasteiger charge is 2.21. The number of rotatable bonds is 10. The molecule has 2 N–H and O–H groups in total. The summed E-state index contributed by atoms with van der Waals surface area (Å²) in [5.74, 6) is -0.476. The van der Waals surface area contributed by atoms with E-state index in [1.54, 1.807) is 48.5 Å². The highest BCUT2D eigenvalue weighted by Crippen LogP contribution is 2.34. The molecule has 5 rings (SSSR count). The number of amides is 1. The Morgan fingerprint density at radius 3 is 2.42 bits per heavy atom. The van der Waals surface area contributed by atoms with Crippen LogP contribution in [0.25, 0.3) is 22.0 Å². The highest BCUT2D eigenvalue weighted by atomic mass is 79.9. The highest BCUT2D eigenvalue weighted by molar-refractivity contribution is 9.10. The van der Waals surface area contributed by atoms with Crippen LogP contribution in [0, 0.1) is 5.82 Å². The average molecular weight is 644 g/mol. The van der Waals surface area contributed by atoms with Crippen molar-refractivity contribution in [3.8, 4) is 28.4 Å². The van der Waals surface area contributed by atoms with Crippen LogP contribution in [0.4, 0.5) is 4.39 Å². The van der Waals surface area contributed by atoms with Gasteiger partial charge in [-0.05, 0) is 61.9 Å². The van der Waals surface area contributed by atoms with Gasteiger partial charge in [0.1, 0.15) is 17.3 Å². The van der Waals surface area contributed by atoms with Gasteiger partial charge in [0.25, 0.3) is 5.91 Å². The van der Waals surface area contributed by atoms with E-state index in [0.717, 1.165) is 5.56 Å². The van der Waals surface area contributed by atoms with E-state index in [4.69, 9.17) is 14.2 Å². The van der Waals surface area contributed by atoms with Crippen molar-refractivity contribution in [2.75, 3.05) is 13.2 Å². The Hall–Kier alpha value is -4.96. The fourth-order valence-electron chi connectivity index (χ4n) is 4.52. The van der Waals surface area contributed by atoms with Crippen molar-refractivity contribution >= 4 is 44.9 Å². The summed E-state index contributed by atoms with van der Waals surface area (Å²) >= 11 is 3.42. The molecule has 43 heavy (non-hydrogen) atoms. The number of hydrogen-bond donors (Lipinski definition) is 2. The third-order valence-electron chi connectivity index (χ3n) is 6.40. The van der Waals surface area contributed by atoms with E-state index < -0.39 is 17.7 Å². The van der Waals surface area contributed by atoms with Gasteiger partial charge in [0, 0.05) is 21.0 Å². The molecular weight excluding hydrogens is 617 g/mol. The summed E-state index contributed by atoms with van der Waals surface area (Å²) in [4.78, 5) is 29.3. The van der Waals surface area contributed by atoms with Gasteiger partial charge in [-0.2, -0.15) is 5.10 Å². The number of benzene rings is 4. The van der Waals surface area contributed by atoms with Gasteiger partial charge in [0.05, 0.1) is 30.5 Å². The predicted molar refractivity (Wildman–Crippen MR) is 167 cm³/mol. The van der Waals surface area contributed by atoms with Crippen molar-refractivity contribution in [3.63, 3.8) is 0 Å². The minimum atomic E-state index is -0.613. The molecule has 0 aliphatic heterocycles. The lowest BCUT2D eigenvalue weighted by Gasteiger charge is -2.13. The molecule has 5 aromatic rings. The number of para-hydroxylation sites is 1. The van der Waals surface area contributed by atoms with Crippen molar-refractivity contribution in [1.29, 1.82) is 0 Å². The van der Waals surface area contributed by atoms with Crippen molar-refractivity contribution in [3.05, 3.63) is 112 Å². The number of nitrogens with zero attached hydrogens (tertiary/aromatic N) is 1. The van der Waals surface area contributed by atoms with Crippen molar-refractivity contribution in [2.24, 2.45) is 5.10 Å². The number of fused-ring (bicyclic) bond motifs is 1. The third kappa shape index (κ3) is 6.60. The van der Waals surface area contributed by atoms with Crippen LogP contribution >= 0.6 is 15.9 Å². The lowest BCUT2D eigenvalue weighted by molar-refractivity contribution is 0.0733. The Kier molecular flexibility index (Phi) is 9.17. The van der Waals surface area contributed by atoms with Crippen LogP contribution in [0.5, 0.6) is 17.2 Å². The monoisotopic (exact) mass is 643 g/mol. The maximum absolute atomic E-state index is 14.6. The van der Waals surface area contributed by atoms with Gasteiger partial charge in [-0.25, -0.2) is 14.6 Å². The number of aromatic amines is 1. The Morgan fingerprint density at radius 2 is 1.65 bits per heavy atom. The van der Waals surface area contributed by atoms with Gasteiger partial charge >= 0.3 is 5.97 Å². The summed E-state index contributed by atoms with van der Waals surface area (Å²) in [6, 6.07) is 23.7. The standard InChI is InChI=1S/C33H27BrFN3O5/c1-3-41-27-15-13-21(18-28(27)42-4-2)33(40)43-26-16-14-23(34)17-22(26)19-36-38-32(39)31-29(20-9-6-5-7-10-20)24-11-8-12-25(35)30(24)37-31/h5-19,37H,3-4H2,1-2H3,(H,38,39). The van der Waals surface area contributed by atoms with E-state index in [2.05, 4.69) is 31.4 Å². The summed E-state index contributed by atoms with van der Waals surface area (Å²) in [5, 5.41) is 4.68. The van der Waals surface area contributed by atoms with Crippen molar-refractivity contribution in [2.45, 2.75) is 13.8 Å². The molecule has 8 nitrogen and oxygen atoms in total. The summed E-state index contributed by atoms with van der Waals surface area (Å²) in [6.45, 7) is 4.55. The molecule has 0 aliphatic rings. The molecule has 1 heterocycles. The maximum atomic E-state index is 14.6. The largest absolute Gasteiger partial charge is 0.490 e. The zero-order chi connectivity index (χ0) is 30.3. The lowest BCUT2D eigenvalue weighted by Crippen LogP contribution is -2.19. The molecule has 0 bridgehead atoms. The van der Waals surface area contributed by atoms with Gasteiger partial charge in [-0.1, -0.05) is 58.4 Å². The van der Waals surface area contributed by atoms with Gasteiger partial charge in [0.2, 0.25) is 0 Å². The fourth-order valence-corrected chi connectivity index (χ4v) is 4.90. The number of nitrogens with one attached hydrogen (secondary N) is 2. The van der Waals surface area contributed by atoms with Crippen LogP contribution in [0.15, 0.2) is 94.5 Å². The normalized spacial score (nSPS) is 11.1. The zero-order valence-electron chi connectivity index (χ0n) is 23.3. The number of hydrazone groups is 1. The van der Waals surface area contributed by atoms with Gasteiger partial charge in [0.15, 0.2) is 11.5 Å². The van der Waals surface area contributed by atoms with Crippen LogP contribution in [0.3, 0.4) is 0 Å². The number of aromatic nitrogens is 1. The summed E-state index contributed by atoms with van der Waals surface area (Å²) in [5.41, 5.74) is 4.87. The quantitative estimate of drug-likeness (QED) is 0.0709. The molecule has 1 aromatic heterocycles. The van der Waals surface area contributed by atoms with E-state index in [9.17, 15) is 14.0 Å². The van der Waals surface area contributed by atoms with Crippen LogP contribution in [0.1, 0.15) is 40.3 Å². The first-order valence-corrected chi connectivity index (χ1v) is 14.3. The van der Waals surface area contributed by atoms with Crippen LogP contribution in [-0.2, 0) is 0 Å². The molecule has 10 heteroatoms. The number of halogens is 2. The van der Waals surface area contributed by atoms with Crippen LogP contribution in [-0.4, -0.2) is 36.3 Å². The second-order valence-corrected chi connectivity index (χ2v) is 10.1. The molecule has 0 spiro atoms. The lowest BCUT2D eigenvalue weighted by atomic mass is 10.0. The molecule has 0 saturated heterocycles. The molecule has 0 fully saturated rings. The van der Waals surface area contributed by atoms with Gasteiger partial charge in [-0.15, -0.1) is 0 Å². The topological polar surface area (TPSA) is 102 Å². The van der Waals surface area contributed by atoms with Crippen LogP contribution < -0.4 is 19.6 Å². The minimum absolute atomic E-state index is 0.157. The molecule has 0 radical (unpaired) electrons. The van der Waals surface area contributed by atoms with Crippen molar-refractivity contribution in [1.82, 2.24) is 10.4 Å². The smallest absolute Gasteiger partial charge is 0.343 e. The number of esters is 1. The van der Waals surface area contributed by atoms with E-state index in [1.807, 2.05) is 44.2 Å². The first-order chi connectivity index (χ1) is 20.9. The van der Waals surface area contributed by atoms with E-state index in [-0.39, 0.29) is 22.5 Å². The molecule has 0 atom stereocenters. The first kappa shape index (κ1) is 29.5. The second kappa shape index (κ2) is 13.3. The van der Waals surface area contributed by atoms with Crippen LogP contribution in [0.2, 0.25) is 0 Å². The number of H-pyrrole nitrogens is 1. The molecular formula is C33H27BrFN3O5. The fraction of sp³-hybridized carbons (Fsp3) is 0.121. The predicted octanol–water partition coefficient (Wildman–Crippen LogP) is 7.52. The Labute approximate surface area is 255 Å². The van der Waals surface area contributed by atoms with Crippen molar-refractivity contribution < 1.29 is 28.2 Å². The number of carbonyl (C=O) groups is 2. The molecule has 1 amide bonds. The van der Waals surface area contributed by atoms with Gasteiger partial charge < -0.3 is 19.2 Å². The number of carbonyl (C=O) groups excluding carboxylic acids is 2. The van der Waals surface area contributed by atoms with Gasteiger partial charge in [-0.3, -0.25) is 4.79 Å². The molecule has 0 unspecified atom stereocenters. The molecule has 0 saturated carbocycles. The number of hydrogen-bond acceptors (Lipinski definition) is 6. The van der Waals surface area contributed by atoms with E-state index in [0.29, 0.717) is 45.7 Å². The molecule has 0 aliphatic carbocycles. The Bertz CT molecular complexity index is 1820.